The van der Waals surface area contributed by atoms with Crippen LogP contribution in [0.4, 0.5) is 0 Å². The van der Waals surface area contributed by atoms with E-state index >= 15 is 0 Å². The van der Waals surface area contributed by atoms with E-state index in [1.54, 1.807) is 0 Å². The van der Waals surface area contributed by atoms with Gasteiger partial charge in [0.1, 0.15) is 0 Å². The third kappa shape index (κ3) is 1.96. The summed E-state index contributed by atoms with van der Waals surface area (Å²) in [5.41, 5.74) is 1.10. The molecule has 1 heteroatoms. The van der Waals surface area contributed by atoms with Gasteiger partial charge in [-0.25, -0.2) is 0 Å². The summed E-state index contributed by atoms with van der Waals surface area (Å²) < 4.78 is 0. The van der Waals surface area contributed by atoms with Crippen molar-refractivity contribution < 1.29 is 5.11 Å². The highest BCUT2D eigenvalue weighted by Gasteiger charge is 2.47. The van der Waals surface area contributed by atoms with Gasteiger partial charge < -0.3 is 5.11 Å². The second-order valence-electron chi connectivity index (χ2n) is 5.49. The van der Waals surface area contributed by atoms with Gasteiger partial charge in [0.05, 0.1) is 11.5 Å². The van der Waals surface area contributed by atoms with Crippen molar-refractivity contribution >= 4 is 0 Å². The second kappa shape index (κ2) is 3.12. The molecule has 0 spiro atoms. The average Bonchev–Trinajstić information content (AvgIpc) is 3.05. The predicted octanol–water partition coefficient (Wildman–Crippen LogP) is 2.75. The van der Waals surface area contributed by atoms with Crippen LogP contribution in [-0.4, -0.2) is 10.7 Å². The SMILES string of the molecule is CCC(C)(O)C(C)C1=CC1(C)CC1C#C1. The van der Waals surface area contributed by atoms with Crippen LogP contribution >= 0.6 is 0 Å². The summed E-state index contributed by atoms with van der Waals surface area (Å²) in [4.78, 5) is 0. The van der Waals surface area contributed by atoms with Gasteiger partial charge in [-0.05, 0) is 19.8 Å². The quantitative estimate of drug-likeness (QED) is 0.539. The first-order chi connectivity index (χ1) is 6.89. The zero-order valence-electron chi connectivity index (χ0n) is 10.1. The monoisotopic (exact) mass is 204 g/mol. The molecule has 1 nitrogen and oxygen atoms in total. The molecule has 3 unspecified atom stereocenters. The third-order valence-corrected chi connectivity index (χ3v) is 4.14. The molecule has 2 aliphatic carbocycles. The Hall–Kier alpha value is -0.740. The van der Waals surface area contributed by atoms with Gasteiger partial charge in [0.15, 0.2) is 0 Å². The number of hydrogen-bond donors (Lipinski definition) is 1. The maximum Gasteiger partial charge on any atom is 0.0823 e. The van der Waals surface area contributed by atoms with Crippen LogP contribution in [0.3, 0.4) is 0 Å². The van der Waals surface area contributed by atoms with Crippen molar-refractivity contribution in [2.75, 3.05) is 0 Å². The average molecular weight is 204 g/mol. The van der Waals surface area contributed by atoms with E-state index in [1.807, 2.05) is 13.8 Å². The van der Waals surface area contributed by atoms with Gasteiger partial charge in [-0.3, -0.25) is 0 Å². The molecule has 0 saturated carbocycles. The van der Waals surface area contributed by atoms with Crippen molar-refractivity contribution in [2.45, 2.75) is 46.1 Å². The Morgan fingerprint density at radius 1 is 1.60 bits per heavy atom. The zero-order chi connectivity index (χ0) is 11.3. The topological polar surface area (TPSA) is 20.2 Å². The molecule has 3 atom stereocenters. The third-order valence-electron chi connectivity index (χ3n) is 4.14. The molecule has 0 bridgehead atoms. The van der Waals surface area contributed by atoms with E-state index in [0.29, 0.717) is 5.92 Å². The van der Waals surface area contributed by atoms with E-state index in [9.17, 15) is 5.11 Å². The van der Waals surface area contributed by atoms with E-state index in [0.717, 1.165) is 12.8 Å². The summed E-state index contributed by atoms with van der Waals surface area (Å²) in [6, 6.07) is 0. The van der Waals surface area contributed by atoms with E-state index < -0.39 is 5.60 Å². The lowest BCUT2D eigenvalue weighted by molar-refractivity contribution is 0.0153. The molecule has 0 heterocycles. The summed E-state index contributed by atoms with van der Waals surface area (Å²) in [6.07, 6.45) is 4.22. The van der Waals surface area contributed by atoms with Gasteiger partial charge in [0.2, 0.25) is 0 Å². The van der Waals surface area contributed by atoms with E-state index in [1.165, 1.54) is 5.57 Å². The molecule has 2 aliphatic rings. The first-order valence-electron chi connectivity index (χ1n) is 5.86. The highest BCUT2D eigenvalue weighted by Crippen LogP contribution is 2.55. The van der Waals surface area contributed by atoms with Crippen LogP contribution in [0, 0.1) is 29.1 Å². The highest BCUT2D eigenvalue weighted by atomic mass is 16.3. The predicted molar refractivity (Wildman–Crippen MR) is 62.2 cm³/mol. The van der Waals surface area contributed by atoms with Gasteiger partial charge in [-0.2, -0.15) is 0 Å². The van der Waals surface area contributed by atoms with Crippen LogP contribution in [0.2, 0.25) is 0 Å². The molecule has 2 rings (SSSR count). The van der Waals surface area contributed by atoms with Gasteiger partial charge in [-0.15, -0.1) is 0 Å². The molecule has 0 aromatic heterocycles. The number of rotatable bonds is 5. The Kier molecular flexibility index (Phi) is 2.24. The summed E-state index contributed by atoms with van der Waals surface area (Å²) in [6.45, 7) is 8.37. The lowest BCUT2D eigenvalue weighted by Crippen LogP contribution is -2.32. The van der Waals surface area contributed by atoms with Gasteiger partial charge in [0.25, 0.3) is 0 Å². The molecule has 1 N–H and O–H groups in total. The molecule has 0 radical (unpaired) electrons. The molecule has 0 amide bonds. The van der Waals surface area contributed by atoms with Crippen molar-refractivity contribution in [3.8, 4) is 11.8 Å². The number of aliphatic hydroxyl groups is 1. The first kappa shape index (κ1) is 10.8. The first-order valence-corrected chi connectivity index (χ1v) is 5.86. The van der Waals surface area contributed by atoms with Crippen molar-refractivity contribution in [1.29, 1.82) is 0 Å². The molecular formula is C14H20O. The van der Waals surface area contributed by atoms with Crippen LogP contribution in [0.5, 0.6) is 0 Å². The molecule has 82 valence electrons. The lowest BCUT2D eigenvalue weighted by atomic mass is 9.80. The second-order valence-corrected chi connectivity index (χ2v) is 5.49. The minimum Gasteiger partial charge on any atom is -0.390 e. The molecular weight excluding hydrogens is 184 g/mol. The normalized spacial score (nSPS) is 33.5. The van der Waals surface area contributed by atoms with E-state index in [4.69, 9.17) is 0 Å². The van der Waals surface area contributed by atoms with Crippen molar-refractivity contribution in [2.24, 2.45) is 17.3 Å². The van der Waals surface area contributed by atoms with Gasteiger partial charge in [-0.1, -0.05) is 44.3 Å². The number of allylic oxidation sites excluding steroid dienone is 1. The maximum atomic E-state index is 10.2. The molecule has 15 heavy (non-hydrogen) atoms. The van der Waals surface area contributed by atoms with Crippen LogP contribution in [-0.2, 0) is 0 Å². The Bertz CT molecular complexity index is 359. The fourth-order valence-electron chi connectivity index (χ4n) is 2.33. The highest BCUT2D eigenvalue weighted by molar-refractivity contribution is 5.44. The van der Waals surface area contributed by atoms with Crippen LogP contribution < -0.4 is 0 Å². The summed E-state index contributed by atoms with van der Waals surface area (Å²) >= 11 is 0. The minimum absolute atomic E-state index is 0.236. The standard InChI is InChI=1S/C14H20O/c1-5-14(4,15)10(2)12-9-13(12,3)8-11-6-7-11/h9-11,15H,5,8H2,1-4H3. The van der Waals surface area contributed by atoms with Crippen molar-refractivity contribution in [1.82, 2.24) is 0 Å². The summed E-state index contributed by atoms with van der Waals surface area (Å²) in [5, 5.41) is 10.2. The summed E-state index contributed by atoms with van der Waals surface area (Å²) in [5.74, 6) is 6.94. The van der Waals surface area contributed by atoms with Crippen molar-refractivity contribution in [3.63, 3.8) is 0 Å². The Morgan fingerprint density at radius 3 is 2.67 bits per heavy atom. The van der Waals surface area contributed by atoms with E-state index in [2.05, 4.69) is 31.8 Å². The summed E-state index contributed by atoms with van der Waals surface area (Å²) in [7, 11) is 0. The zero-order valence-corrected chi connectivity index (χ0v) is 10.1. The Labute approximate surface area is 92.6 Å². The van der Waals surface area contributed by atoms with Crippen molar-refractivity contribution in [3.05, 3.63) is 11.6 Å². The number of hydrogen-bond acceptors (Lipinski definition) is 1. The molecule has 0 aliphatic heterocycles. The van der Waals surface area contributed by atoms with Crippen LogP contribution in [0.1, 0.15) is 40.5 Å². The van der Waals surface area contributed by atoms with E-state index in [-0.39, 0.29) is 11.3 Å². The minimum atomic E-state index is -0.562. The largest absolute Gasteiger partial charge is 0.390 e. The smallest absolute Gasteiger partial charge is 0.0823 e. The van der Waals surface area contributed by atoms with Crippen LogP contribution in [0.25, 0.3) is 0 Å². The van der Waals surface area contributed by atoms with Gasteiger partial charge in [0, 0.05) is 11.3 Å². The molecule has 0 aromatic carbocycles. The molecule has 0 fully saturated rings. The fourth-order valence-corrected chi connectivity index (χ4v) is 2.33. The Morgan fingerprint density at radius 2 is 2.20 bits per heavy atom. The van der Waals surface area contributed by atoms with Gasteiger partial charge >= 0.3 is 0 Å². The molecule has 0 aromatic rings. The Balaban J connectivity index is 1.93. The fraction of sp³-hybridized carbons (Fsp3) is 0.714. The van der Waals surface area contributed by atoms with Crippen LogP contribution in [0.15, 0.2) is 11.6 Å². The molecule has 0 saturated heterocycles. The maximum absolute atomic E-state index is 10.2. The lowest BCUT2D eigenvalue weighted by Gasteiger charge is -2.30.